The molecule has 0 spiro atoms. The highest BCUT2D eigenvalue weighted by Crippen LogP contribution is 2.20. The molecule has 0 saturated heterocycles. The lowest BCUT2D eigenvalue weighted by Crippen LogP contribution is -2.09. The maximum atomic E-state index is 9.26. The van der Waals surface area contributed by atoms with E-state index in [9.17, 15) is 5.11 Å². The average molecular weight is 324 g/mol. The topological polar surface area (TPSA) is 47.3 Å². The van der Waals surface area contributed by atoms with E-state index in [-0.39, 0.29) is 6.61 Å². The lowest BCUT2D eigenvalue weighted by molar-refractivity contribution is 0.289. The Balaban J connectivity index is 1.66. The van der Waals surface area contributed by atoms with Crippen LogP contribution in [0.1, 0.15) is 23.4 Å². The summed E-state index contributed by atoms with van der Waals surface area (Å²) in [6, 6.07) is 14.4. The van der Waals surface area contributed by atoms with Crippen LogP contribution in [0.15, 0.2) is 42.5 Å². The van der Waals surface area contributed by atoms with Gasteiger partial charge in [0.05, 0.1) is 24.2 Å². The summed E-state index contributed by atoms with van der Waals surface area (Å²) in [6.07, 6.45) is 1.47. The minimum absolute atomic E-state index is 0.113. The van der Waals surface area contributed by atoms with Gasteiger partial charge in [0, 0.05) is 13.0 Å². The van der Waals surface area contributed by atoms with E-state index in [0.29, 0.717) is 13.0 Å². The molecule has 2 aromatic carbocycles. The van der Waals surface area contributed by atoms with Crippen molar-refractivity contribution < 1.29 is 9.84 Å². The Morgan fingerprint density at radius 1 is 1.12 bits per heavy atom. The number of ether oxygens (including phenoxy) is 1. The third-order valence-corrected chi connectivity index (χ3v) is 4.18. The zero-order valence-electron chi connectivity index (χ0n) is 14.3. The maximum Gasteiger partial charge on any atom is 0.122 e. The molecular weight excluding hydrogens is 300 g/mol. The van der Waals surface area contributed by atoms with E-state index in [1.54, 1.807) is 0 Å². The summed E-state index contributed by atoms with van der Waals surface area (Å²) >= 11 is 0. The van der Waals surface area contributed by atoms with Crippen molar-refractivity contribution in [3.8, 4) is 5.75 Å². The second-order valence-corrected chi connectivity index (χ2v) is 6.11. The average Bonchev–Trinajstić information content (AvgIpc) is 2.91. The molecule has 126 valence electrons. The number of nitrogens with zero attached hydrogens (tertiary/aromatic N) is 2. The minimum atomic E-state index is 0.113. The van der Waals surface area contributed by atoms with Crippen LogP contribution in [0.4, 0.5) is 0 Å². The molecular formula is C20H24N2O2. The van der Waals surface area contributed by atoms with Gasteiger partial charge in [-0.05, 0) is 44.0 Å². The molecule has 24 heavy (non-hydrogen) atoms. The summed E-state index contributed by atoms with van der Waals surface area (Å²) in [4.78, 5) is 4.63. The molecule has 4 nitrogen and oxygen atoms in total. The Labute approximate surface area is 142 Å². The second-order valence-electron chi connectivity index (χ2n) is 6.11. The molecule has 0 radical (unpaired) electrons. The van der Waals surface area contributed by atoms with Crippen molar-refractivity contribution in [2.45, 2.75) is 33.2 Å². The first-order valence-corrected chi connectivity index (χ1v) is 8.44. The number of rotatable bonds is 7. The fraction of sp³-hybridized carbons (Fsp3) is 0.350. The van der Waals surface area contributed by atoms with Crippen LogP contribution in [-0.4, -0.2) is 27.9 Å². The summed E-state index contributed by atoms with van der Waals surface area (Å²) in [6.45, 7) is 5.77. The quantitative estimate of drug-likeness (QED) is 0.675. The van der Waals surface area contributed by atoms with Gasteiger partial charge < -0.3 is 14.4 Å². The number of imidazole rings is 1. The van der Waals surface area contributed by atoms with Gasteiger partial charge in [-0.2, -0.15) is 0 Å². The standard InChI is InChI=1S/C20H24N2O2/c1-15-8-9-19(16(2)14-15)24-13-5-11-22-18-7-4-3-6-17(18)21-20(22)10-12-23/h3-4,6-9,14,23H,5,10-13H2,1-2H3. The van der Waals surface area contributed by atoms with Gasteiger partial charge in [-0.1, -0.05) is 29.8 Å². The number of aliphatic hydroxyl groups is 1. The predicted molar refractivity (Wildman–Crippen MR) is 96.6 cm³/mol. The van der Waals surface area contributed by atoms with Crippen LogP contribution >= 0.6 is 0 Å². The van der Waals surface area contributed by atoms with Crippen molar-refractivity contribution in [3.05, 3.63) is 59.4 Å². The van der Waals surface area contributed by atoms with E-state index in [2.05, 4.69) is 41.6 Å². The van der Waals surface area contributed by atoms with Crippen LogP contribution in [0.25, 0.3) is 11.0 Å². The monoisotopic (exact) mass is 324 g/mol. The van der Waals surface area contributed by atoms with Crippen LogP contribution in [0.3, 0.4) is 0 Å². The van der Waals surface area contributed by atoms with E-state index < -0.39 is 0 Å². The van der Waals surface area contributed by atoms with Crippen molar-refractivity contribution in [2.75, 3.05) is 13.2 Å². The fourth-order valence-electron chi connectivity index (χ4n) is 3.03. The molecule has 0 fully saturated rings. The highest BCUT2D eigenvalue weighted by molar-refractivity contribution is 5.75. The van der Waals surface area contributed by atoms with Crippen LogP contribution in [0, 0.1) is 13.8 Å². The van der Waals surface area contributed by atoms with Gasteiger partial charge in [-0.15, -0.1) is 0 Å². The Hall–Kier alpha value is -2.33. The van der Waals surface area contributed by atoms with Crippen molar-refractivity contribution in [2.24, 2.45) is 0 Å². The molecule has 4 heteroatoms. The zero-order valence-corrected chi connectivity index (χ0v) is 14.3. The Morgan fingerprint density at radius 2 is 1.96 bits per heavy atom. The Morgan fingerprint density at radius 3 is 2.75 bits per heavy atom. The third-order valence-electron chi connectivity index (χ3n) is 4.18. The van der Waals surface area contributed by atoms with E-state index in [0.717, 1.165) is 35.6 Å². The van der Waals surface area contributed by atoms with E-state index in [4.69, 9.17) is 4.74 Å². The van der Waals surface area contributed by atoms with E-state index in [1.165, 1.54) is 11.1 Å². The van der Waals surface area contributed by atoms with Gasteiger partial charge in [-0.3, -0.25) is 0 Å². The number of hydrogen-bond donors (Lipinski definition) is 1. The van der Waals surface area contributed by atoms with Gasteiger partial charge in [0.1, 0.15) is 11.6 Å². The van der Waals surface area contributed by atoms with Crippen molar-refractivity contribution >= 4 is 11.0 Å². The largest absolute Gasteiger partial charge is 0.493 e. The summed E-state index contributed by atoms with van der Waals surface area (Å²) in [5, 5.41) is 9.26. The molecule has 0 saturated carbocycles. The minimum Gasteiger partial charge on any atom is -0.493 e. The first-order chi connectivity index (χ1) is 11.7. The molecule has 3 aromatic rings. The SMILES string of the molecule is Cc1ccc(OCCCn2c(CCO)nc3ccccc32)c(C)c1. The van der Waals surface area contributed by atoms with Crippen LogP contribution in [0.2, 0.25) is 0 Å². The number of aromatic nitrogens is 2. The summed E-state index contributed by atoms with van der Waals surface area (Å²) in [5.41, 5.74) is 4.52. The first-order valence-electron chi connectivity index (χ1n) is 8.44. The molecule has 1 N–H and O–H groups in total. The Kier molecular flexibility index (Phi) is 5.16. The van der Waals surface area contributed by atoms with Crippen molar-refractivity contribution in [1.29, 1.82) is 0 Å². The van der Waals surface area contributed by atoms with E-state index >= 15 is 0 Å². The third kappa shape index (κ3) is 3.60. The second kappa shape index (κ2) is 7.49. The predicted octanol–water partition coefficient (Wildman–Crippen LogP) is 3.66. The number of aliphatic hydroxyl groups excluding tert-OH is 1. The molecule has 0 unspecified atom stereocenters. The van der Waals surface area contributed by atoms with Crippen molar-refractivity contribution in [1.82, 2.24) is 9.55 Å². The normalized spacial score (nSPS) is 11.1. The number of para-hydroxylation sites is 2. The van der Waals surface area contributed by atoms with E-state index in [1.807, 2.05) is 24.3 Å². The van der Waals surface area contributed by atoms with Crippen LogP contribution < -0.4 is 4.74 Å². The van der Waals surface area contributed by atoms with Gasteiger partial charge in [0.15, 0.2) is 0 Å². The van der Waals surface area contributed by atoms with Crippen molar-refractivity contribution in [3.63, 3.8) is 0 Å². The maximum absolute atomic E-state index is 9.26. The van der Waals surface area contributed by atoms with Gasteiger partial charge in [0.2, 0.25) is 0 Å². The van der Waals surface area contributed by atoms with Crippen LogP contribution in [0.5, 0.6) is 5.75 Å². The number of hydrogen-bond acceptors (Lipinski definition) is 3. The molecule has 0 amide bonds. The highest BCUT2D eigenvalue weighted by atomic mass is 16.5. The lowest BCUT2D eigenvalue weighted by Gasteiger charge is -2.11. The Bertz CT molecular complexity index is 824. The van der Waals surface area contributed by atoms with Gasteiger partial charge >= 0.3 is 0 Å². The summed E-state index contributed by atoms with van der Waals surface area (Å²) < 4.78 is 8.11. The lowest BCUT2D eigenvalue weighted by atomic mass is 10.1. The molecule has 0 aliphatic heterocycles. The highest BCUT2D eigenvalue weighted by Gasteiger charge is 2.09. The number of aryl methyl sites for hydroxylation is 3. The zero-order chi connectivity index (χ0) is 16.9. The fourth-order valence-corrected chi connectivity index (χ4v) is 3.03. The van der Waals surface area contributed by atoms with Gasteiger partial charge in [0.25, 0.3) is 0 Å². The smallest absolute Gasteiger partial charge is 0.122 e. The number of benzene rings is 2. The molecule has 0 atom stereocenters. The molecule has 3 rings (SSSR count). The summed E-state index contributed by atoms with van der Waals surface area (Å²) in [5.74, 6) is 1.89. The van der Waals surface area contributed by atoms with Crippen LogP contribution in [-0.2, 0) is 13.0 Å². The molecule has 0 aliphatic rings. The van der Waals surface area contributed by atoms with Gasteiger partial charge in [-0.25, -0.2) is 4.98 Å². The molecule has 1 heterocycles. The summed E-state index contributed by atoms with van der Waals surface area (Å²) in [7, 11) is 0. The number of fused-ring (bicyclic) bond motifs is 1. The molecule has 0 aliphatic carbocycles. The first kappa shape index (κ1) is 16.5. The molecule has 0 bridgehead atoms. The molecule has 1 aromatic heterocycles.